The van der Waals surface area contributed by atoms with Gasteiger partial charge in [-0.05, 0) is 24.4 Å². The van der Waals surface area contributed by atoms with Crippen LogP contribution in [0.2, 0.25) is 0 Å². The average molecular weight is 317 g/mol. The first-order chi connectivity index (χ1) is 8.94. The van der Waals surface area contributed by atoms with Gasteiger partial charge in [0.2, 0.25) is 0 Å². The van der Waals surface area contributed by atoms with Gasteiger partial charge in [-0.1, -0.05) is 6.07 Å². The van der Waals surface area contributed by atoms with Crippen LogP contribution in [0.5, 0.6) is 5.75 Å². The molecule has 1 aromatic rings. The Balaban J connectivity index is 3.42. The van der Waals surface area contributed by atoms with Crippen molar-refractivity contribution in [2.24, 2.45) is 0 Å². The molecular weight excluding hydrogens is 308 g/mol. The summed E-state index contributed by atoms with van der Waals surface area (Å²) in [7, 11) is 2.78. The molecule has 2 nitrogen and oxygen atoms in total. The zero-order valence-electron chi connectivity index (χ0n) is 10.3. The van der Waals surface area contributed by atoms with Crippen LogP contribution in [0, 0.1) is 0 Å². The zero-order chi connectivity index (χ0) is 15.7. The minimum Gasteiger partial charge on any atom is -0.431 e. The summed E-state index contributed by atoms with van der Waals surface area (Å²) in [6, 6.07) is 1.95. The molecule has 0 atom stereocenters. The van der Waals surface area contributed by atoms with E-state index in [2.05, 4.69) is 12.2 Å². The van der Waals surface area contributed by atoms with E-state index in [0.717, 1.165) is 17.0 Å². The maximum absolute atomic E-state index is 12.9. The Hall–Kier alpha value is -1.51. The third-order valence-corrected chi connectivity index (χ3v) is 2.63. The molecule has 112 valence electrons. The molecular formula is C11H9F6NOS. The number of thiocarbonyl (C=S) groups is 1. The minimum absolute atomic E-state index is 0.342. The fourth-order valence-corrected chi connectivity index (χ4v) is 1.42. The van der Waals surface area contributed by atoms with Gasteiger partial charge in [-0.3, -0.25) is 0 Å². The van der Waals surface area contributed by atoms with Gasteiger partial charge in [-0.25, -0.2) is 0 Å². The summed E-state index contributed by atoms with van der Waals surface area (Å²) in [6.45, 7) is 0. The lowest BCUT2D eigenvalue weighted by atomic mass is 10.1. The van der Waals surface area contributed by atoms with E-state index in [1.807, 2.05) is 0 Å². The maximum atomic E-state index is 12.9. The van der Waals surface area contributed by atoms with E-state index in [9.17, 15) is 26.3 Å². The van der Waals surface area contributed by atoms with Crippen molar-refractivity contribution in [1.29, 1.82) is 0 Å². The summed E-state index contributed by atoms with van der Waals surface area (Å²) in [4.78, 5) is 1.16. The second-order valence-corrected chi connectivity index (χ2v) is 4.29. The van der Waals surface area contributed by atoms with Crippen molar-refractivity contribution in [1.82, 2.24) is 4.90 Å². The summed E-state index contributed by atoms with van der Waals surface area (Å²) in [5, 5.41) is -0.380. The fourth-order valence-electron chi connectivity index (χ4n) is 1.33. The summed E-state index contributed by atoms with van der Waals surface area (Å²) in [6.07, 6.45) is -10.4. The summed E-state index contributed by atoms with van der Waals surface area (Å²) >= 11 is 4.63. The van der Waals surface area contributed by atoms with Gasteiger partial charge in [-0.2, -0.15) is 26.3 Å². The van der Waals surface area contributed by atoms with Crippen molar-refractivity contribution in [2.75, 3.05) is 14.1 Å². The van der Waals surface area contributed by atoms with Crippen LogP contribution in [-0.4, -0.2) is 24.2 Å². The molecule has 0 aromatic heterocycles. The molecule has 20 heavy (non-hydrogen) atoms. The monoisotopic (exact) mass is 317 g/mol. The molecule has 0 amide bonds. The zero-order valence-corrected chi connectivity index (χ0v) is 11.1. The van der Waals surface area contributed by atoms with Crippen LogP contribution in [0.1, 0.15) is 11.1 Å². The van der Waals surface area contributed by atoms with E-state index in [-0.39, 0.29) is 5.17 Å². The SMILES string of the molecule is CN(C)C(=S)Oc1cccc(C(F)(F)F)c1C(F)(F)F. The Morgan fingerprint density at radius 3 is 2.00 bits per heavy atom. The average Bonchev–Trinajstić information content (AvgIpc) is 2.25. The Bertz CT molecular complexity index is 509. The molecule has 1 rings (SSSR count). The summed E-state index contributed by atoms with van der Waals surface area (Å²) in [5.41, 5.74) is -3.71. The van der Waals surface area contributed by atoms with E-state index in [1.54, 1.807) is 0 Å². The topological polar surface area (TPSA) is 12.5 Å². The van der Waals surface area contributed by atoms with E-state index in [1.165, 1.54) is 14.1 Å². The Kier molecular flexibility index (Phi) is 4.52. The molecule has 0 saturated heterocycles. The van der Waals surface area contributed by atoms with Crippen LogP contribution in [0.3, 0.4) is 0 Å². The van der Waals surface area contributed by atoms with Crippen LogP contribution >= 0.6 is 12.2 Å². The highest BCUT2D eigenvalue weighted by Gasteiger charge is 2.45. The number of rotatable bonds is 1. The molecule has 0 bridgehead atoms. The first kappa shape index (κ1) is 16.5. The van der Waals surface area contributed by atoms with Crippen LogP contribution in [0.4, 0.5) is 26.3 Å². The van der Waals surface area contributed by atoms with Gasteiger partial charge < -0.3 is 9.64 Å². The van der Waals surface area contributed by atoms with Gasteiger partial charge in [0, 0.05) is 14.1 Å². The van der Waals surface area contributed by atoms with Crippen molar-refractivity contribution in [3.05, 3.63) is 29.3 Å². The van der Waals surface area contributed by atoms with E-state index >= 15 is 0 Å². The van der Waals surface area contributed by atoms with Gasteiger partial charge >= 0.3 is 12.4 Å². The quantitative estimate of drug-likeness (QED) is 0.575. The van der Waals surface area contributed by atoms with Crippen molar-refractivity contribution < 1.29 is 31.1 Å². The van der Waals surface area contributed by atoms with E-state index in [4.69, 9.17) is 4.74 Å². The third kappa shape index (κ3) is 3.75. The Labute approximate surface area is 115 Å². The molecule has 0 heterocycles. The number of hydrogen-bond donors (Lipinski definition) is 0. The van der Waals surface area contributed by atoms with E-state index in [0.29, 0.717) is 6.07 Å². The lowest BCUT2D eigenvalue weighted by molar-refractivity contribution is -0.162. The smallest absolute Gasteiger partial charge is 0.420 e. The summed E-state index contributed by atoms with van der Waals surface area (Å²) < 4.78 is 81.2. The first-order valence-electron chi connectivity index (χ1n) is 5.11. The Morgan fingerprint density at radius 2 is 1.60 bits per heavy atom. The standard InChI is InChI=1S/C11H9F6NOS/c1-18(2)9(20)19-7-5-3-4-6(10(12,13)14)8(7)11(15,16)17/h3-5H,1-2H3. The number of alkyl halides is 6. The normalized spacial score (nSPS) is 12.2. The van der Waals surface area contributed by atoms with Crippen molar-refractivity contribution in [2.45, 2.75) is 12.4 Å². The highest BCUT2D eigenvalue weighted by molar-refractivity contribution is 7.80. The van der Waals surface area contributed by atoms with Gasteiger partial charge in [0.25, 0.3) is 5.17 Å². The van der Waals surface area contributed by atoms with Gasteiger partial charge in [0.15, 0.2) is 0 Å². The van der Waals surface area contributed by atoms with Crippen LogP contribution < -0.4 is 4.74 Å². The minimum atomic E-state index is -5.22. The van der Waals surface area contributed by atoms with Crippen LogP contribution in [0.15, 0.2) is 18.2 Å². The number of nitrogens with zero attached hydrogens (tertiary/aromatic N) is 1. The molecule has 0 unspecified atom stereocenters. The lowest BCUT2D eigenvalue weighted by Gasteiger charge is -2.21. The van der Waals surface area contributed by atoms with E-state index < -0.39 is 29.2 Å². The molecule has 0 saturated carbocycles. The molecule has 9 heteroatoms. The molecule has 0 aliphatic rings. The molecule has 0 N–H and O–H groups in total. The highest BCUT2D eigenvalue weighted by atomic mass is 32.1. The molecule has 0 aliphatic carbocycles. The highest BCUT2D eigenvalue weighted by Crippen LogP contribution is 2.44. The molecule has 0 radical (unpaired) electrons. The number of hydrogen-bond acceptors (Lipinski definition) is 2. The Morgan fingerprint density at radius 1 is 1.05 bits per heavy atom. The maximum Gasteiger partial charge on any atom is 0.420 e. The number of halogens is 6. The fraction of sp³-hybridized carbons (Fsp3) is 0.364. The van der Waals surface area contributed by atoms with Crippen LogP contribution in [-0.2, 0) is 12.4 Å². The first-order valence-corrected chi connectivity index (χ1v) is 5.52. The largest absolute Gasteiger partial charge is 0.431 e. The molecule has 1 aromatic carbocycles. The summed E-state index contributed by atoms with van der Waals surface area (Å²) in [5.74, 6) is -0.981. The predicted molar refractivity (Wildman–Crippen MR) is 63.4 cm³/mol. The molecule has 0 fully saturated rings. The van der Waals surface area contributed by atoms with Crippen LogP contribution in [0.25, 0.3) is 0 Å². The molecule has 0 spiro atoms. The van der Waals surface area contributed by atoms with Gasteiger partial charge in [0.1, 0.15) is 11.3 Å². The van der Waals surface area contributed by atoms with Gasteiger partial charge in [-0.15, -0.1) is 0 Å². The third-order valence-electron chi connectivity index (χ3n) is 2.18. The van der Waals surface area contributed by atoms with Crippen molar-refractivity contribution in [3.63, 3.8) is 0 Å². The van der Waals surface area contributed by atoms with Crippen molar-refractivity contribution in [3.8, 4) is 5.75 Å². The second-order valence-electron chi connectivity index (χ2n) is 3.94. The number of ether oxygens (including phenoxy) is 1. The van der Waals surface area contributed by atoms with Crippen molar-refractivity contribution >= 4 is 17.4 Å². The number of benzene rings is 1. The second kappa shape index (κ2) is 5.47. The van der Waals surface area contributed by atoms with Gasteiger partial charge in [0.05, 0.1) is 5.56 Å². The molecule has 0 aliphatic heterocycles. The lowest BCUT2D eigenvalue weighted by Crippen LogP contribution is -2.27. The predicted octanol–water partition coefficient (Wildman–Crippen LogP) is 3.95.